The van der Waals surface area contributed by atoms with Crippen LogP contribution in [0, 0.1) is 22.7 Å². The predicted molar refractivity (Wildman–Crippen MR) is 159 cm³/mol. The van der Waals surface area contributed by atoms with Crippen LogP contribution >= 0.6 is 11.8 Å². The number of carbonyl (C=O) groups is 3. The molecule has 1 aromatic heterocycles. The molecule has 42 heavy (non-hydrogen) atoms. The van der Waals surface area contributed by atoms with Crippen LogP contribution in [0.25, 0.3) is 0 Å². The Morgan fingerprint density at radius 3 is 2.29 bits per heavy atom. The van der Waals surface area contributed by atoms with Gasteiger partial charge >= 0.3 is 6.09 Å². The number of nitrogens with two attached hydrogens (primary N) is 1. The lowest BCUT2D eigenvalue weighted by molar-refractivity contribution is -0.123. The van der Waals surface area contributed by atoms with Gasteiger partial charge in [-0.25, -0.2) is 9.78 Å². The van der Waals surface area contributed by atoms with Crippen LogP contribution in [0.2, 0.25) is 0 Å². The lowest BCUT2D eigenvalue weighted by Crippen LogP contribution is -2.51. The lowest BCUT2D eigenvalue weighted by Gasteiger charge is -2.34. The van der Waals surface area contributed by atoms with Crippen molar-refractivity contribution in [2.24, 2.45) is 5.73 Å². The number of rotatable bonds is 9. The molecule has 0 spiro atoms. The summed E-state index contributed by atoms with van der Waals surface area (Å²) < 4.78 is 5.22. The first kappa shape index (κ1) is 32.2. The minimum atomic E-state index is -0.780. The largest absolute Gasteiger partial charge is 0.444 e. The number of aromatic nitrogens is 1. The molecule has 1 fully saturated rings. The third-order valence-corrected chi connectivity index (χ3v) is 7.94. The maximum Gasteiger partial charge on any atom is 0.408 e. The van der Waals surface area contributed by atoms with E-state index in [4.69, 9.17) is 15.5 Å². The third-order valence-electron chi connectivity index (χ3n) is 6.68. The van der Waals surface area contributed by atoms with Crippen LogP contribution in [0.5, 0.6) is 0 Å². The highest BCUT2D eigenvalue weighted by Crippen LogP contribution is 2.39. The van der Waals surface area contributed by atoms with Gasteiger partial charge in [-0.1, -0.05) is 49.0 Å². The van der Waals surface area contributed by atoms with Crippen LogP contribution in [0.1, 0.15) is 75.0 Å². The van der Waals surface area contributed by atoms with Crippen molar-refractivity contribution < 1.29 is 19.1 Å². The number of ether oxygens (including phenoxy) is 1. The van der Waals surface area contributed by atoms with Gasteiger partial charge in [-0.3, -0.25) is 9.59 Å². The van der Waals surface area contributed by atoms with E-state index in [0.717, 1.165) is 11.8 Å². The van der Waals surface area contributed by atoms with Crippen LogP contribution in [0.4, 0.5) is 10.6 Å². The minimum Gasteiger partial charge on any atom is -0.444 e. The van der Waals surface area contributed by atoms with Crippen LogP contribution in [0.3, 0.4) is 0 Å². The molecular formula is C30H37N7O4S. The summed E-state index contributed by atoms with van der Waals surface area (Å²) in [6.45, 7) is 9.69. The highest BCUT2D eigenvalue weighted by atomic mass is 32.2. The lowest BCUT2D eigenvalue weighted by atomic mass is 9.99. The molecule has 2 aromatic rings. The molecule has 1 unspecified atom stereocenters. The van der Waals surface area contributed by atoms with Gasteiger partial charge in [0.25, 0.3) is 0 Å². The smallest absolute Gasteiger partial charge is 0.408 e. The number of carbonyl (C=O) groups excluding carboxylic acids is 3. The molecule has 1 aliphatic heterocycles. The normalized spacial score (nSPS) is 15.1. The first-order valence-corrected chi connectivity index (χ1v) is 14.7. The molecule has 3 amide bonds. The zero-order chi connectivity index (χ0) is 31.0. The molecule has 2 heterocycles. The molecule has 1 aromatic carbocycles. The first-order chi connectivity index (χ1) is 19.9. The van der Waals surface area contributed by atoms with E-state index in [0.29, 0.717) is 59.9 Å². The van der Waals surface area contributed by atoms with Gasteiger partial charge in [-0.15, -0.1) is 0 Å². The van der Waals surface area contributed by atoms with Crippen LogP contribution in [-0.2, 0) is 20.7 Å². The molecule has 222 valence electrons. The number of hydrogen-bond donors (Lipinski definition) is 3. The zero-order valence-corrected chi connectivity index (χ0v) is 25.4. The van der Waals surface area contributed by atoms with E-state index >= 15 is 0 Å². The molecule has 2 atom stereocenters. The standard InChI is InChI=1S/C30H37N7O4S/c1-6-21-22(16-31)26(36-28(23(21)17-32)42-24(25(33)38)19-10-8-7-9-11-19)37-14-12-20(13-15-37)35-27(39)18(2)34-29(40)41-30(3,4)5/h7-11,18,20,24H,6,12-15H2,1-5H3,(H2,33,38)(H,34,40)(H,35,39)/t18-,24?/m0/s1. The Bertz CT molecular complexity index is 1390. The number of nitrogens with zero attached hydrogens (tertiary/aromatic N) is 4. The van der Waals surface area contributed by atoms with Crippen molar-refractivity contribution in [3.8, 4) is 12.1 Å². The number of primary amides is 1. The number of anilines is 1. The molecule has 11 nitrogen and oxygen atoms in total. The molecule has 3 rings (SSSR count). The fourth-order valence-electron chi connectivity index (χ4n) is 4.64. The summed E-state index contributed by atoms with van der Waals surface area (Å²) in [5.41, 5.74) is 6.92. The summed E-state index contributed by atoms with van der Waals surface area (Å²) in [5.74, 6) is -0.441. The van der Waals surface area contributed by atoms with Crippen molar-refractivity contribution in [2.45, 2.75) is 81.8 Å². The van der Waals surface area contributed by atoms with Crippen molar-refractivity contribution in [3.05, 3.63) is 52.6 Å². The number of benzene rings is 1. The quantitative estimate of drug-likeness (QED) is 0.367. The minimum absolute atomic E-state index is 0.141. The van der Waals surface area contributed by atoms with E-state index in [-0.39, 0.29) is 17.5 Å². The topological polar surface area (TPSA) is 174 Å². The number of alkyl carbamates (subject to hydrolysis) is 1. The predicted octanol–water partition coefficient (Wildman–Crippen LogP) is 3.70. The highest BCUT2D eigenvalue weighted by Gasteiger charge is 2.30. The van der Waals surface area contributed by atoms with Crippen molar-refractivity contribution in [1.29, 1.82) is 10.5 Å². The number of thioether (sulfide) groups is 1. The molecular weight excluding hydrogens is 554 g/mol. The van der Waals surface area contributed by atoms with Crippen molar-refractivity contribution in [2.75, 3.05) is 18.0 Å². The van der Waals surface area contributed by atoms with Gasteiger partial charge in [-0.05, 0) is 58.1 Å². The molecule has 0 aliphatic carbocycles. The van der Waals surface area contributed by atoms with E-state index in [1.54, 1.807) is 39.8 Å². The zero-order valence-electron chi connectivity index (χ0n) is 24.6. The molecule has 0 saturated carbocycles. The maximum atomic E-state index is 12.7. The van der Waals surface area contributed by atoms with Crippen LogP contribution < -0.4 is 21.3 Å². The number of nitrogens with one attached hydrogen (secondary N) is 2. The van der Waals surface area contributed by atoms with Crippen LogP contribution in [0.15, 0.2) is 35.4 Å². The number of amides is 3. The first-order valence-electron chi connectivity index (χ1n) is 13.8. The molecule has 1 aliphatic rings. The Morgan fingerprint density at radius 2 is 1.76 bits per heavy atom. The van der Waals surface area contributed by atoms with Gasteiger partial charge in [0.1, 0.15) is 39.9 Å². The SMILES string of the molecule is CCc1c(C#N)c(SC(C(N)=O)c2ccccc2)nc(N2CCC(NC(=O)[C@H](C)NC(=O)OC(C)(C)C)CC2)c1C#N. The van der Waals surface area contributed by atoms with Crippen molar-refractivity contribution in [3.63, 3.8) is 0 Å². The van der Waals surface area contributed by atoms with Gasteiger partial charge in [0.05, 0.1) is 11.1 Å². The fraction of sp³-hybridized carbons (Fsp3) is 0.467. The summed E-state index contributed by atoms with van der Waals surface area (Å²) in [6.07, 6.45) is 0.920. The molecule has 0 radical (unpaired) electrons. The third kappa shape index (κ3) is 8.14. The Morgan fingerprint density at radius 1 is 1.14 bits per heavy atom. The molecule has 4 N–H and O–H groups in total. The Hall–Kier alpha value is -4.29. The summed E-state index contributed by atoms with van der Waals surface area (Å²) in [6, 6.07) is 12.5. The average Bonchev–Trinajstić information content (AvgIpc) is 2.94. The number of pyridine rings is 1. The van der Waals surface area contributed by atoms with E-state index in [2.05, 4.69) is 22.8 Å². The number of piperidine rings is 1. The number of hydrogen-bond acceptors (Lipinski definition) is 9. The Balaban J connectivity index is 1.79. The summed E-state index contributed by atoms with van der Waals surface area (Å²) >= 11 is 1.10. The second kappa shape index (κ2) is 14.1. The maximum absolute atomic E-state index is 12.7. The second-order valence-electron chi connectivity index (χ2n) is 11.0. The summed E-state index contributed by atoms with van der Waals surface area (Å²) in [5, 5.41) is 25.2. The van der Waals surface area contributed by atoms with E-state index < -0.39 is 28.9 Å². The van der Waals surface area contributed by atoms with Crippen LogP contribution in [-0.4, -0.2) is 53.7 Å². The van der Waals surface area contributed by atoms with E-state index in [1.165, 1.54) is 0 Å². The van der Waals surface area contributed by atoms with Gasteiger partial charge in [0.2, 0.25) is 11.8 Å². The molecule has 1 saturated heterocycles. The summed E-state index contributed by atoms with van der Waals surface area (Å²) in [7, 11) is 0. The van der Waals surface area contributed by atoms with Crippen molar-refractivity contribution in [1.82, 2.24) is 15.6 Å². The highest BCUT2D eigenvalue weighted by molar-refractivity contribution is 8.00. The number of nitriles is 2. The molecule has 0 bridgehead atoms. The van der Waals surface area contributed by atoms with E-state index in [1.807, 2.05) is 30.0 Å². The van der Waals surface area contributed by atoms with Gasteiger partial charge in [0, 0.05) is 19.1 Å². The average molecular weight is 592 g/mol. The molecule has 12 heteroatoms. The van der Waals surface area contributed by atoms with Gasteiger partial charge in [-0.2, -0.15) is 10.5 Å². The van der Waals surface area contributed by atoms with E-state index in [9.17, 15) is 24.9 Å². The Kier molecular flexibility index (Phi) is 10.8. The van der Waals surface area contributed by atoms with Gasteiger partial charge in [0.15, 0.2) is 0 Å². The fourth-order valence-corrected chi connectivity index (χ4v) is 5.70. The summed E-state index contributed by atoms with van der Waals surface area (Å²) in [4.78, 5) is 43.9. The second-order valence-corrected chi connectivity index (χ2v) is 12.1. The Labute approximate surface area is 250 Å². The van der Waals surface area contributed by atoms with Crippen molar-refractivity contribution >= 4 is 35.5 Å². The van der Waals surface area contributed by atoms with Gasteiger partial charge < -0.3 is 26.0 Å². The monoisotopic (exact) mass is 591 g/mol.